The van der Waals surface area contributed by atoms with Crippen LogP contribution in [0.3, 0.4) is 0 Å². The summed E-state index contributed by atoms with van der Waals surface area (Å²) in [4.78, 5) is 49.3. The Balaban J connectivity index is 1.62. The number of carbonyl (C=O) groups is 3. The highest BCUT2D eigenvalue weighted by Gasteiger charge is 2.72. The maximum absolute atomic E-state index is 14.9. The standard InChI is InChI=1S/C34H47N3O4S/c1-7-17-35-18-11-15-25-26(29(35)39)27-30(40)37(24(21-38)20-23-13-9-8-10-14-23)28-31(41)36(19-12-16-34(27,28)42-25)33(5,6)22-32(2,3)4/h8-16,24-28,38H,7,17-22H2,1-6H3/t24-,25-,26+,27+,28?,34+/m1/s1. The minimum atomic E-state index is -0.893. The van der Waals surface area contributed by atoms with Crippen LogP contribution in [0.4, 0.5) is 0 Å². The van der Waals surface area contributed by atoms with E-state index in [4.69, 9.17) is 0 Å². The van der Waals surface area contributed by atoms with E-state index in [2.05, 4.69) is 53.7 Å². The number of nitrogens with zero attached hydrogens (tertiary/aromatic N) is 3. The number of carbonyl (C=O) groups excluding carboxylic acids is 3. The molecule has 0 aromatic heterocycles. The van der Waals surface area contributed by atoms with E-state index < -0.39 is 34.2 Å². The van der Waals surface area contributed by atoms with Gasteiger partial charge in [0.25, 0.3) is 0 Å². The topological polar surface area (TPSA) is 81.2 Å². The van der Waals surface area contributed by atoms with Gasteiger partial charge in [-0.05, 0) is 44.1 Å². The Morgan fingerprint density at radius 2 is 1.71 bits per heavy atom. The van der Waals surface area contributed by atoms with Gasteiger partial charge >= 0.3 is 0 Å². The molecule has 1 aromatic carbocycles. The number of hydrogen-bond acceptors (Lipinski definition) is 5. The summed E-state index contributed by atoms with van der Waals surface area (Å²) in [6.07, 6.45) is 10.3. The number of fused-ring (bicyclic) bond motifs is 2. The normalized spacial score (nSPS) is 30.3. The molecule has 2 fully saturated rings. The molecular formula is C34H47N3O4S. The van der Waals surface area contributed by atoms with E-state index in [0.29, 0.717) is 26.1 Å². The van der Waals surface area contributed by atoms with Gasteiger partial charge in [0, 0.05) is 30.4 Å². The number of aliphatic hydroxyl groups is 1. The van der Waals surface area contributed by atoms with Crippen molar-refractivity contribution in [2.24, 2.45) is 17.3 Å². The Morgan fingerprint density at radius 1 is 1.00 bits per heavy atom. The molecule has 5 rings (SSSR count). The summed E-state index contributed by atoms with van der Waals surface area (Å²) in [5, 5.41) is 10.6. The molecule has 0 bridgehead atoms. The number of aliphatic hydroxyl groups excluding tert-OH is 1. The molecule has 0 radical (unpaired) electrons. The lowest BCUT2D eigenvalue weighted by atomic mass is 9.77. The van der Waals surface area contributed by atoms with Crippen molar-refractivity contribution in [3.8, 4) is 0 Å². The molecule has 1 unspecified atom stereocenters. The van der Waals surface area contributed by atoms with Gasteiger partial charge in [-0.3, -0.25) is 14.4 Å². The highest BCUT2D eigenvalue weighted by molar-refractivity contribution is 8.02. The zero-order valence-corrected chi connectivity index (χ0v) is 26.8. The predicted molar refractivity (Wildman–Crippen MR) is 168 cm³/mol. The molecule has 42 heavy (non-hydrogen) atoms. The van der Waals surface area contributed by atoms with Gasteiger partial charge < -0.3 is 19.8 Å². The molecule has 4 aliphatic rings. The first-order valence-corrected chi connectivity index (χ1v) is 16.3. The summed E-state index contributed by atoms with van der Waals surface area (Å²) in [5.74, 6) is -1.52. The van der Waals surface area contributed by atoms with Gasteiger partial charge in [0.15, 0.2) is 0 Å². The molecule has 7 nitrogen and oxygen atoms in total. The Labute approximate surface area is 255 Å². The molecular weight excluding hydrogens is 546 g/mol. The van der Waals surface area contributed by atoms with Crippen molar-refractivity contribution < 1.29 is 19.5 Å². The maximum Gasteiger partial charge on any atom is 0.247 e. The van der Waals surface area contributed by atoms with E-state index in [-0.39, 0.29) is 35.0 Å². The van der Waals surface area contributed by atoms with Gasteiger partial charge in [-0.2, -0.15) is 0 Å². The number of amides is 3. The fourth-order valence-corrected chi connectivity index (χ4v) is 10.1. The molecule has 1 N–H and O–H groups in total. The maximum atomic E-state index is 14.9. The highest BCUT2D eigenvalue weighted by atomic mass is 32.2. The second kappa shape index (κ2) is 11.5. The van der Waals surface area contributed by atoms with Gasteiger partial charge in [0.2, 0.25) is 17.7 Å². The Kier molecular flexibility index (Phi) is 8.45. The van der Waals surface area contributed by atoms with Crippen molar-refractivity contribution in [2.45, 2.75) is 88.4 Å². The summed E-state index contributed by atoms with van der Waals surface area (Å²) in [5.41, 5.74) is 0.513. The Bertz CT molecular complexity index is 1250. The fourth-order valence-electron chi connectivity index (χ4n) is 8.07. The average Bonchev–Trinajstić information content (AvgIpc) is 3.23. The minimum absolute atomic E-state index is 0.00574. The van der Waals surface area contributed by atoms with Gasteiger partial charge in [0.05, 0.1) is 29.2 Å². The molecule has 8 heteroatoms. The lowest BCUT2D eigenvalue weighted by molar-refractivity contribution is -0.149. The zero-order chi connectivity index (χ0) is 30.4. The summed E-state index contributed by atoms with van der Waals surface area (Å²) in [7, 11) is 0. The van der Waals surface area contributed by atoms with Crippen LogP contribution in [0.1, 0.15) is 59.9 Å². The number of benzene rings is 1. The molecule has 0 saturated carbocycles. The van der Waals surface area contributed by atoms with Crippen LogP contribution in [0.2, 0.25) is 0 Å². The third kappa shape index (κ3) is 5.34. The van der Waals surface area contributed by atoms with Crippen LogP contribution in [0.15, 0.2) is 54.6 Å². The monoisotopic (exact) mass is 593 g/mol. The molecule has 6 atom stereocenters. The first-order chi connectivity index (χ1) is 19.8. The molecule has 228 valence electrons. The van der Waals surface area contributed by atoms with Crippen molar-refractivity contribution in [1.82, 2.24) is 14.7 Å². The van der Waals surface area contributed by atoms with Gasteiger partial charge in [-0.25, -0.2) is 0 Å². The van der Waals surface area contributed by atoms with E-state index in [9.17, 15) is 19.5 Å². The SMILES string of the molecule is CCCN1CC=C[C@H]2S[C@]34C=CCN(C(C)(C)CC(C)(C)C)C(=O)C3N([C@@H](CO)Cc3ccccc3)C(=O)[C@@H]4[C@H]2C1=O. The van der Waals surface area contributed by atoms with Gasteiger partial charge in [0.1, 0.15) is 6.04 Å². The zero-order valence-electron chi connectivity index (χ0n) is 26.0. The molecule has 3 amide bonds. The summed E-state index contributed by atoms with van der Waals surface area (Å²) in [6.45, 7) is 14.2. The highest BCUT2D eigenvalue weighted by Crippen LogP contribution is 2.61. The summed E-state index contributed by atoms with van der Waals surface area (Å²) in [6, 6.07) is 8.41. The molecule has 0 aliphatic carbocycles. The number of thioether (sulfide) groups is 1. The van der Waals surface area contributed by atoms with E-state index in [1.54, 1.807) is 16.7 Å². The largest absolute Gasteiger partial charge is 0.394 e. The van der Waals surface area contributed by atoms with E-state index in [1.807, 2.05) is 52.3 Å². The van der Waals surface area contributed by atoms with Crippen molar-refractivity contribution in [2.75, 3.05) is 26.2 Å². The minimum Gasteiger partial charge on any atom is -0.394 e. The van der Waals surface area contributed by atoms with Crippen LogP contribution >= 0.6 is 11.8 Å². The summed E-state index contributed by atoms with van der Waals surface area (Å²) >= 11 is 1.61. The Morgan fingerprint density at radius 3 is 2.36 bits per heavy atom. The Hall–Kier alpha value is -2.58. The van der Waals surface area contributed by atoms with E-state index >= 15 is 0 Å². The smallest absolute Gasteiger partial charge is 0.247 e. The lowest BCUT2D eigenvalue weighted by Gasteiger charge is -2.45. The average molecular weight is 594 g/mol. The molecule has 1 spiro atoms. The number of hydrogen-bond donors (Lipinski definition) is 1. The number of likely N-dealkylation sites (tertiary alicyclic amines) is 1. The van der Waals surface area contributed by atoms with Crippen LogP contribution in [-0.4, -0.2) is 91.4 Å². The predicted octanol–water partition coefficient (Wildman–Crippen LogP) is 4.31. The van der Waals surface area contributed by atoms with Crippen LogP contribution in [-0.2, 0) is 20.8 Å². The van der Waals surface area contributed by atoms with Crippen LogP contribution < -0.4 is 0 Å². The lowest BCUT2D eigenvalue weighted by Crippen LogP contribution is -2.60. The van der Waals surface area contributed by atoms with Gasteiger partial charge in [-0.1, -0.05) is 82.3 Å². The third-order valence-electron chi connectivity index (χ3n) is 9.29. The summed E-state index contributed by atoms with van der Waals surface area (Å²) < 4.78 is -0.893. The second-order valence-corrected chi connectivity index (χ2v) is 15.7. The second-order valence-electron chi connectivity index (χ2n) is 14.2. The van der Waals surface area contributed by atoms with Crippen molar-refractivity contribution in [1.29, 1.82) is 0 Å². The molecule has 4 heterocycles. The first-order valence-electron chi connectivity index (χ1n) is 15.4. The van der Waals surface area contributed by atoms with E-state index in [1.165, 1.54) is 0 Å². The first kappa shape index (κ1) is 30.9. The molecule has 2 saturated heterocycles. The van der Waals surface area contributed by atoms with E-state index in [0.717, 1.165) is 18.4 Å². The quantitative estimate of drug-likeness (QED) is 0.455. The van der Waals surface area contributed by atoms with Crippen LogP contribution in [0, 0.1) is 17.3 Å². The van der Waals surface area contributed by atoms with Gasteiger partial charge in [-0.15, -0.1) is 11.8 Å². The third-order valence-corrected chi connectivity index (χ3v) is 11.0. The molecule has 1 aromatic rings. The number of rotatable bonds is 8. The fraction of sp³-hybridized carbons (Fsp3) is 0.618. The van der Waals surface area contributed by atoms with Crippen LogP contribution in [0.25, 0.3) is 0 Å². The molecule has 4 aliphatic heterocycles. The van der Waals surface area contributed by atoms with Crippen LogP contribution in [0.5, 0.6) is 0 Å². The van der Waals surface area contributed by atoms with Crippen molar-refractivity contribution in [3.63, 3.8) is 0 Å². The van der Waals surface area contributed by atoms with Crippen molar-refractivity contribution in [3.05, 3.63) is 60.2 Å². The van der Waals surface area contributed by atoms with Crippen molar-refractivity contribution >= 4 is 29.5 Å².